The van der Waals surface area contributed by atoms with Crippen LogP contribution in [-0.4, -0.2) is 17.4 Å². The monoisotopic (exact) mass is 322 g/mol. The molecule has 2 aromatic rings. The Kier molecular flexibility index (Phi) is 4.44. The van der Waals surface area contributed by atoms with Gasteiger partial charge in [-0.3, -0.25) is 9.78 Å². The first-order chi connectivity index (χ1) is 11.4. The number of amides is 1. The predicted octanol–water partition coefficient (Wildman–Crippen LogP) is 4.13. The summed E-state index contributed by atoms with van der Waals surface area (Å²) < 4.78 is 0. The number of benzene rings is 1. The van der Waals surface area contributed by atoms with Gasteiger partial charge in [0, 0.05) is 18.1 Å². The quantitative estimate of drug-likeness (QED) is 0.841. The van der Waals surface area contributed by atoms with E-state index in [1.54, 1.807) is 0 Å². The molecule has 1 saturated carbocycles. The Labute approximate surface area is 144 Å². The van der Waals surface area contributed by atoms with Crippen LogP contribution in [0.25, 0.3) is 10.9 Å². The second kappa shape index (κ2) is 6.39. The van der Waals surface area contributed by atoms with Gasteiger partial charge in [-0.15, -0.1) is 0 Å². The zero-order valence-corrected chi connectivity index (χ0v) is 15.0. The summed E-state index contributed by atoms with van der Waals surface area (Å²) in [4.78, 5) is 17.0. The van der Waals surface area contributed by atoms with Crippen molar-refractivity contribution in [3.63, 3.8) is 0 Å². The molecule has 1 aliphatic rings. The molecule has 1 aliphatic carbocycles. The average molecular weight is 322 g/mol. The highest BCUT2D eigenvalue weighted by atomic mass is 16.2. The van der Waals surface area contributed by atoms with Crippen LogP contribution in [0.4, 0.5) is 0 Å². The molecule has 2 atom stereocenters. The minimum atomic E-state index is 0.0718. The summed E-state index contributed by atoms with van der Waals surface area (Å²) in [6.07, 6.45) is 4.86. The van der Waals surface area contributed by atoms with E-state index in [0.717, 1.165) is 17.3 Å². The van der Waals surface area contributed by atoms with Crippen LogP contribution in [0.5, 0.6) is 0 Å². The lowest BCUT2D eigenvalue weighted by Gasteiger charge is -2.08. The number of pyridine rings is 1. The molecule has 3 heteroatoms. The van der Waals surface area contributed by atoms with Gasteiger partial charge >= 0.3 is 0 Å². The van der Waals surface area contributed by atoms with E-state index in [4.69, 9.17) is 0 Å². The summed E-state index contributed by atoms with van der Waals surface area (Å²) in [6.45, 7) is 9.20. The second-order valence-electron chi connectivity index (χ2n) is 7.60. The van der Waals surface area contributed by atoms with E-state index in [0.29, 0.717) is 12.5 Å². The smallest absolute Gasteiger partial charge is 0.224 e. The minimum absolute atomic E-state index is 0.0718. The van der Waals surface area contributed by atoms with Crippen molar-refractivity contribution in [3.05, 3.63) is 53.7 Å². The number of nitrogens with zero attached hydrogens (tertiary/aromatic N) is 1. The maximum atomic E-state index is 12.5. The molecule has 1 aromatic carbocycles. The van der Waals surface area contributed by atoms with Gasteiger partial charge in [0.25, 0.3) is 0 Å². The van der Waals surface area contributed by atoms with Crippen LogP contribution in [0.3, 0.4) is 0 Å². The zero-order chi connectivity index (χ0) is 17.3. The topological polar surface area (TPSA) is 42.0 Å². The number of nitrogens with one attached hydrogen (secondary N) is 1. The lowest BCUT2D eigenvalue weighted by Crippen LogP contribution is -2.28. The summed E-state index contributed by atoms with van der Waals surface area (Å²) in [5, 5.41) is 4.27. The van der Waals surface area contributed by atoms with E-state index in [1.165, 1.54) is 11.1 Å². The highest BCUT2D eigenvalue weighted by Gasteiger charge is 2.60. The second-order valence-corrected chi connectivity index (χ2v) is 7.60. The number of carbonyl (C=O) groups excluding carboxylic acids is 1. The molecule has 1 fully saturated rings. The van der Waals surface area contributed by atoms with Gasteiger partial charge in [-0.2, -0.15) is 0 Å². The molecule has 1 amide bonds. The molecule has 0 radical (unpaired) electrons. The molecule has 3 nitrogen and oxygen atoms in total. The van der Waals surface area contributed by atoms with E-state index in [9.17, 15) is 4.79 Å². The maximum absolute atomic E-state index is 12.5. The molecule has 0 aliphatic heterocycles. The van der Waals surface area contributed by atoms with Crippen LogP contribution in [-0.2, 0) is 11.2 Å². The molecular formula is C21H26N2O. The van der Waals surface area contributed by atoms with Crippen LogP contribution in [0.15, 0.2) is 48.2 Å². The maximum Gasteiger partial charge on any atom is 0.224 e. The highest BCUT2D eigenvalue weighted by molar-refractivity contribution is 5.84. The van der Waals surface area contributed by atoms with E-state index < -0.39 is 0 Å². The van der Waals surface area contributed by atoms with Crippen molar-refractivity contribution in [2.45, 2.75) is 34.1 Å². The van der Waals surface area contributed by atoms with E-state index >= 15 is 0 Å². The van der Waals surface area contributed by atoms with Crippen LogP contribution in [0.1, 0.15) is 33.3 Å². The number of carbonyl (C=O) groups is 1. The fourth-order valence-corrected chi connectivity index (χ4v) is 3.65. The Hall–Kier alpha value is -2.16. The number of aromatic nitrogens is 1. The van der Waals surface area contributed by atoms with Gasteiger partial charge in [-0.05, 0) is 43.2 Å². The van der Waals surface area contributed by atoms with Crippen molar-refractivity contribution in [1.29, 1.82) is 0 Å². The molecule has 1 N–H and O–H groups in total. The minimum Gasteiger partial charge on any atom is -0.355 e. The molecule has 1 heterocycles. The fourth-order valence-electron chi connectivity index (χ4n) is 3.65. The Morgan fingerprint density at radius 1 is 1.25 bits per heavy atom. The molecular weight excluding hydrogens is 296 g/mol. The van der Waals surface area contributed by atoms with Gasteiger partial charge in [0.05, 0.1) is 11.4 Å². The normalized spacial score (nSPS) is 21.3. The Morgan fingerprint density at radius 2 is 2.00 bits per heavy atom. The number of hydrogen-bond donors (Lipinski definition) is 1. The van der Waals surface area contributed by atoms with Crippen LogP contribution in [0.2, 0.25) is 0 Å². The lowest BCUT2D eigenvalue weighted by molar-refractivity contribution is -0.123. The van der Waals surface area contributed by atoms with Crippen molar-refractivity contribution in [3.8, 4) is 0 Å². The summed E-state index contributed by atoms with van der Waals surface area (Å²) >= 11 is 0. The van der Waals surface area contributed by atoms with Crippen LogP contribution >= 0.6 is 0 Å². The van der Waals surface area contributed by atoms with Crippen molar-refractivity contribution in [2.75, 3.05) is 6.54 Å². The summed E-state index contributed by atoms with van der Waals surface area (Å²) in [5.41, 5.74) is 3.57. The fraction of sp³-hybridized carbons (Fsp3) is 0.429. The van der Waals surface area contributed by atoms with Crippen molar-refractivity contribution in [2.24, 2.45) is 17.3 Å². The van der Waals surface area contributed by atoms with E-state index in [1.807, 2.05) is 12.3 Å². The van der Waals surface area contributed by atoms with Crippen molar-refractivity contribution in [1.82, 2.24) is 10.3 Å². The van der Waals surface area contributed by atoms with Crippen molar-refractivity contribution < 1.29 is 4.79 Å². The number of fused-ring (bicyclic) bond motifs is 1. The Bertz CT molecular complexity index is 782. The van der Waals surface area contributed by atoms with E-state index in [2.05, 4.69) is 68.3 Å². The summed E-state index contributed by atoms with van der Waals surface area (Å²) in [6, 6.07) is 10.2. The molecule has 0 unspecified atom stereocenters. The Balaban J connectivity index is 1.61. The number of allylic oxidation sites excluding steroid dienone is 2. The number of rotatable bonds is 5. The third-order valence-electron chi connectivity index (χ3n) is 5.12. The molecule has 0 spiro atoms. The van der Waals surface area contributed by atoms with Crippen LogP contribution in [0, 0.1) is 17.3 Å². The van der Waals surface area contributed by atoms with Gasteiger partial charge in [-0.25, -0.2) is 0 Å². The van der Waals surface area contributed by atoms with Gasteiger partial charge in [0.1, 0.15) is 0 Å². The van der Waals surface area contributed by atoms with Gasteiger partial charge < -0.3 is 5.32 Å². The summed E-state index contributed by atoms with van der Waals surface area (Å²) in [7, 11) is 0. The van der Waals surface area contributed by atoms with Gasteiger partial charge in [0.15, 0.2) is 0 Å². The summed E-state index contributed by atoms with van der Waals surface area (Å²) in [5.74, 6) is 0.635. The van der Waals surface area contributed by atoms with Crippen LogP contribution < -0.4 is 5.32 Å². The van der Waals surface area contributed by atoms with Gasteiger partial charge in [-0.1, -0.05) is 49.8 Å². The molecule has 24 heavy (non-hydrogen) atoms. The third-order valence-corrected chi connectivity index (χ3v) is 5.12. The van der Waals surface area contributed by atoms with E-state index in [-0.39, 0.29) is 17.2 Å². The Morgan fingerprint density at radius 3 is 2.75 bits per heavy atom. The standard InChI is InChI=1S/C21H26N2O/c1-14(2)13-17-18(21(17,3)4)20(24)23-12-10-16-8-5-7-15-9-6-11-22-19(15)16/h5-9,11,13,17-18H,10,12H2,1-4H3,(H,23,24)/t17-,18-/m1/s1. The first-order valence-electron chi connectivity index (χ1n) is 8.66. The van der Waals surface area contributed by atoms with Gasteiger partial charge in [0.2, 0.25) is 5.91 Å². The predicted molar refractivity (Wildman–Crippen MR) is 98.6 cm³/mol. The molecule has 3 rings (SSSR count). The molecule has 126 valence electrons. The molecule has 0 bridgehead atoms. The van der Waals surface area contributed by atoms with Crippen molar-refractivity contribution >= 4 is 16.8 Å². The first kappa shape index (κ1) is 16.7. The third kappa shape index (κ3) is 3.21. The molecule has 0 saturated heterocycles. The highest BCUT2D eigenvalue weighted by Crippen LogP contribution is 2.59. The first-order valence-corrected chi connectivity index (χ1v) is 8.66. The average Bonchev–Trinajstić information content (AvgIpc) is 3.07. The number of para-hydroxylation sites is 1. The SMILES string of the molecule is CC(C)=C[C@@H]1[C@H](C(=O)NCCc2cccc3cccnc23)C1(C)C. The number of hydrogen-bond acceptors (Lipinski definition) is 2. The largest absolute Gasteiger partial charge is 0.355 e. The lowest BCUT2D eigenvalue weighted by atomic mass is 10.1. The molecule has 1 aromatic heterocycles. The zero-order valence-electron chi connectivity index (χ0n) is 15.0.